The van der Waals surface area contributed by atoms with E-state index in [4.69, 9.17) is 9.97 Å². The van der Waals surface area contributed by atoms with Gasteiger partial charge in [-0.2, -0.15) is 0 Å². The highest BCUT2D eigenvalue weighted by Gasteiger charge is 2.26. The van der Waals surface area contributed by atoms with E-state index in [1.54, 1.807) is 66.9 Å². The van der Waals surface area contributed by atoms with Crippen molar-refractivity contribution in [3.8, 4) is 22.5 Å². The van der Waals surface area contributed by atoms with Crippen LogP contribution in [0.2, 0.25) is 0 Å². The highest BCUT2D eigenvalue weighted by Crippen LogP contribution is 2.37. The zero-order valence-electron chi connectivity index (χ0n) is 28.2. The van der Waals surface area contributed by atoms with Crippen molar-refractivity contribution in [3.63, 3.8) is 0 Å². The lowest BCUT2D eigenvalue weighted by atomic mass is 9.97. The number of fused-ring (bicyclic) bond motifs is 4. The molecule has 0 spiro atoms. The molecule has 0 amide bonds. The van der Waals surface area contributed by atoms with Gasteiger partial charge in [0.25, 0.3) is 0 Å². The van der Waals surface area contributed by atoms with Gasteiger partial charge in [-0.3, -0.25) is 23.8 Å². The summed E-state index contributed by atoms with van der Waals surface area (Å²) in [6.45, 7) is 0. The van der Waals surface area contributed by atoms with E-state index in [0.29, 0.717) is 67.1 Å². The van der Waals surface area contributed by atoms with Gasteiger partial charge in [-0.15, -0.1) is 0 Å². The fraction of sp³-hybridized carbons (Fsp3) is 0. The van der Waals surface area contributed by atoms with Crippen LogP contribution in [-0.4, -0.2) is 36.7 Å². The van der Waals surface area contributed by atoms with Gasteiger partial charge in [0.15, 0.2) is 11.6 Å². The van der Waals surface area contributed by atoms with Crippen LogP contribution >= 0.6 is 0 Å². The number of carbonyl (C=O) groups is 3. The van der Waals surface area contributed by atoms with E-state index in [-0.39, 0.29) is 17.3 Å². The minimum absolute atomic E-state index is 0.0888. The van der Waals surface area contributed by atoms with E-state index in [1.807, 2.05) is 108 Å². The maximum atomic E-state index is 14.7. The number of aromatic nitrogens is 4. The van der Waals surface area contributed by atoms with Gasteiger partial charge in [0, 0.05) is 55.9 Å². The Kier molecular flexibility index (Phi) is 7.79. The first-order chi connectivity index (χ1) is 26.0. The summed E-state index contributed by atoms with van der Waals surface area (Å²) < 4.78 is 1.82. The van der Waals surface area contributed by atoms with Gasteiger partial charge in [-0.25, -0.2) is 9.97 Å². The maximum Gasteiger partial charge on any atom is 0.236 e. The first-order valence-corrected chi connectivity index (χ1v) is 17.2. The zero-order valence-corrected chi connectivity index (χ0v) is 28.2. The minimum Gasteiger partial charge on any atom is -0.289 e. The number of imidazole rings is 1. The van der Waals surface area contributed by atoms with Gasteiger partial charge < -0.3 is 0 Å². The minimum atomic E-state index is -0.205. The molecule has 0 atom stereocenters. The predicted octanol–water partition coefficient (Wildman–Crippen LogP) is 9.46. The summed E-state index contributed by atoms with van der Waals surface area (Å²) in [7, 11) is 0. The molecule has 7 heteroatoms. The second-order valence-electron chi connectivity index (χ2n) is 12.7. The molecule has 53 heavy (non-hydrogen) atoms. The lowest BCUT2D eigenvalue weighted by Gasteiger charge is -2.14. The van der Waals surface area contributed by atoms with Gasteiger partial charge >= 0.3 is 0 Å². The number of nitrogens with zero attached hydrogens (tertiary/aromatic N) is 4. The molecule has 9 aromatic rings. The summed E-state index contributed by atoms with van der Waals surface area (Å²) in [5.74, 6) is -0.0766. The van der Waals surface area contributed by atoms with Crippen LogP contribution in [0.4, 0.5) is 0 Å². The van der Waals surface area contributed by atoms with Crippen molar-refractivity contribution in [2.75, 3.05) is 0 Å². The first kappa shape index (κ1) is 31.6. The molecule has 0 saturated heterocycles. The Morgan fingerprint density at radius 2 is 0.943 bits per heavy atom. The summed E-state index contributed by atoms with van der Waals surface area (Å²) in [6.07, 6.45) is 1.71. The number of rotatable bonds is 8. The third-order valence-electron chi connectivity index (χ3n) is 9.46. The second kappa shape index (κ2) is 13.1. The van der Waals surface area contributed by atoms with Gasteiger partial charge in [0.05, 0.1) is 16.9 Å². The molecule has 7 nitrogen and oxygen atoms in total. The molecule has 0 unspecified atom stereocenters. The summed E-state index contributed by atoms with van der Waals surface area (Å²) in [4.78, 5) is 56.3. The average molecular weight is 685 g/mol. The lowest BCUT2D eigenvalue weighted by molar-refractivity contribution is 0.102. The molecule has 0 aliphatic carbocycles. The van der Waals surface area contributed by atoms with Gasteiger partial charge in [0.1, 0.15) is 11.2 Å². The Balaban J connectivity index is 1.30. The van der Waals surface area contributed by atoms with Gasteiger partial charge in [-0.05, 0) is 12.1 Å². The SMILES string of the molecule is O=C(c1ccccc1)c1ccc(-c2nc3nc4c(ccc5cccnc54)c(C(=O)c4ccccc4)n3c2-c2ccc(C(=O)c3ccccc3)cc2)cc1. The quantitative estimate of drug-likeness (QED) is 0.117. The maximum absolute atomic E-state index is 14.7. The summed E-state index contributed by atoms with van der Waals surface area (Å²) in [5.41, 5.74) is 7.01. The van der Waals surface area contributed by atoms with Crippen LogP contribution in [0.5, 0.6) is 0 Å². The second-order valence-corrected chi connectivity index (χ2v) is 12.7. The monoisotopic (exact) mass is 684 g/mol. The molecule has 0 fully saturated rings. The fourth-order valence-corrected chi connectivity index (χ4v) is 6.84. The van der Waals surface area contributed by atoms with Crippen LogP contribution in [0, 0.1) is 0 Å². The number of hydrogen-bond donors (Lipinski definition) is 0. The van der Waals surface area contributed by atoms with Crippen molar-refractivity contribution in [2.45, 2.75) is 0 Å². The Morgan fingerprint density at radius 3 is 1.51 bits per heavy atom. The van der Waals surface area contributed by atoms with Crippen LogP contribution in [0.15, 0.2) is 170 Å². The first-order valence-electron chi connectivity index (χ1n) is 17.2. The Labute approximate surface area is 303 Å². The molecule has 0 N–H and O–H groups in total. The van der Waals surface area contributed by atoms with E-state index in [2.05, 4.69) is 4.98 Å². The number of benzene rings is 6. The number of carbonyl (C=O) groups excluding carboxylic acids is 3. The molecular formula is C46H28N4O3. The molecule has 0 saturated carbocycles. The number of hydrogen-bond acceptors (Lipinski definition) is 6. The third-order valence-corrected chi connectivity index (χ3v) is 9.46. The van der Waals surface area contributed by atoms with E-state index in [9.17, 15) is 14.4 Å². The summed E-state index contributed by atoms with van der Waals surface area (Å²) >= 11 is 0. The molecule has 0 bridgehead atoms. The van der Waals surface area contributed by atoms with Gasteiger partial charge in [0.2, 0.25) is 11.6 Å². The summed E-state index contributed by atoms with van der Waals surface area (Å²) in [5, 5.41) is 1.52. The van der Waals surface area contributed by atoms with Crippen molar-refractivity contribution in [1.29, 1.82) is 0 Å². The van der Waals surface area contributed by atoms with Crippen molar-refractivity contribution in [3.05, 3.63) is 203 Å². The van der Waals surface area contributed by atoms with Crippen LogP contribution in [0.25, 0.3) is 50.1 Å². The van der Waals surface area contributed by atoms with Crippen molar-refractivity contribution < 1.29 is 14.4 Å². The Morgan fingerprint density at radius 1 is 0.434 bits per heavy atom. The molecule has 0 radical (unpaired) electrons. The van der Waals surface area contributed by atoms with E-state index in [0.717, 1.165) is 16.5 Å². The highest BCUT2D eigenvalue weighted by molar-refractivity contribution is 6.19. The third kappa shape index (κ3) is 5.57. The molecule has 9 rings (SSSR count). The predicted molar refractivity (Wildman–Crippen MR) is 206 cm³/mol. The van der Waals surface area contributed by atoms with E-state index < -0.39 is 0 Å². The van der Waals surface area contributed by atoms with E-state index in [1.165, 1.54) is 0 Å². The highest BCUT2D eigenvalue weighted by atomic mass is 16.1. The molecule has 0 aliphatic heterocycles. The van der Waals surface area contributed by atoms with Crippen LogP contribution in [0.1, 0.15) is 47.9 Å². The Hall–Kier alpha value is -7.38. The van der Waals surface area contributed by atoms with Gasteiger partial charge in [-0.1, -0.05) is 152 Å². The normalized spacial score (nSPS) is 11.2. The van der Waals surface area contributed by atoms with Crippen molar-refractivity contribution in [2.24, 2.45) is 0 Å². The fourth-order valence-electron chi connectivity index (χ4n) is 6.84. The Bertz CT molecular complexity index is 2850. The topological polar surface area (TPSA) is 94.3 Å². The molecule has 3 aromatic heterocycles. The molecular weight excluding hydrogens is 657 g/mol. The zero-order chi connectivity index (χ0) is 35.9. The van der Waals surface area contributed by atoms with Crippen LogP contribution in [0.3, 0.4) is 0 Å². The number of ketones is 3. The molecule has 6 aromatic carbocycles. The number of pyridine rings is 1. The van der Waals surface area contributed by atoms with Crippen LogP contribution < -0.4 is 0 Å². The smallest absolute Gasteiger partial charge is 0.236 e. The average Bonchev–Trinajstić information content (AvgIpc) is 3.62. The lowest BCUT2D eigenvalue weighted by Crippen LogP contribution is -2.11. The van der Waals surface area contributed by atoms with E-state index >= 15 is 0 Å². The molecule has 3 heterocycles. The molecule has 0 aliphatic rings. The largest absolute Gasteiger partial charge is 0.289 e. The van der Waals surface area contributed by atoms with Crippen molar-refractivity contribution >= 4 is 44.9 Å². The molecule has 250 valence electrons. The van der Waals surface area contributed by atoms with Crippen molar-refractivity contribution in [1.82, 2.24) is 19.4 Å². The summed E-state index contributed by atoms with van der Waals surface area (Å²) in [6, 6.07) is 49.8. The standard InChI is InChI=1S/C46H28N4O3/c51-43(32-11-4-1-5-12-32)35-22-18-30(19-23-35)39-41(31-20-24-36(25-21-31)44(52)33-13-6-2-7-14-33)50-42(45(53)34-15-8-3-9-16-34)37-27-26-29-17-10-28-47-38(29)40(37)49-46(50)48-39/h1-28H. The van der Waals surface area contributed by atoms with Crippen LogP contribution in [-0.2, 0) is 0 Å².